The first kappa shape index (κ1) is 24.2. The van der Waals surface area contributed by atoms with Crippen molar-refractivity contribution in [1.29, 1.82) is 0 Å². The average molecular weight is 480 g/mol. The zero-order chi connectivity index (χ0) is 24.2. The number of hydrogen-bond donors (Lipinski definition) is 0. The number of amides is 2. The lowest BCUT2D eigenvalue weighted by Gasteiger charge is -2.22. The summed E-state index contributed by atoms with van der Waals surface area (Å²) >= 11 is 1.64. The van der Waals surface area contributed by atoms with Crippen LogP contribution in [0.4, 0.5) is 0 Å². The topological polar surface area (TPSA) is 62.6 Å². The predicted octanol–water partition coefficient (Wildman–Crippen LogP) is 5.01. The summed E-state index contributed by atoms with van der Waals surface area (Å²) in [6.45, 7) is 6.50. The lowest BCUT2D eigenvalue weighted by atomic mass is 10.1. The summed E-state index contributed by atoms with van der Waals surface area (Å²) in [5.41, 5.74) is -0.309. The Labute approximate surface area is 204 Å². The van der Waals surface area contributed by atoms with E-state index >= 15 is 0 Å². The van der Waals surface area contributed by atoms with E-state index in [4.69, 9.17) is 0 Å². The third-order valence-electron chi connectivity index (χ3n) is 6.23. The molecule has 1 aliphatic rings. The lowest BCUT2D eigenvalue weighted by molar-refractivity contribution is 0.0758. The second-order valence-electron chi connectivity index (χ2n) is 9.62. The van der Waals surface area contributed by atoms with Crippen molar-refractivity contribution in [2.45, 2.75) is 52.6 Å². The lowest BCUT2D eigenvalue weighted by Crippen LogP contribution is -2.38. The molecule has 2 aromatic heterocycles. The van der Waals surface area contributed by atoms with Gasteiger partial charge in [0.05, 0.1) is 6.54 Å². The van der Waals surface area contributed by atoms with Gasteiger partial charge in [0.1, 0.15) is 11.1 Å². The number of hydrogen-bond acceptors (Lipinski definition) is 4. The molecule has 0 spiro atoms. The van der Waals surface area contributed by atoms with Crippen LogP contribution in [0.15, 0.2) is 47.5 Å². The maximum Gasteiger partial charge on any atom is 0.259 e. The molecular weight excluding hydrogens is 446 g/mol. The first-order valence-corrected chi connectivity index (χ1v) is 12.9. The van der Waals surface area contributed by atoms with Crippen molar-refractivity contribution in [3.05, 3.63) is 69.0 Å². The Morgan fingerprint density at radius 2 is 1.71 bits per heavy atom. The van der Waals surface area contributed by atoms with E-state index in [2.05, 4.69) is 32.0 Å². The molecule has 1 aliphatic heterocycles. The maximum atomic E-state index is 13.4. The van der Waals surface area contributed by atoms with Gasteiger partial charge in [0.2, 0.25) is 5.43 Å². The quantitative estimate of drug-likeness (QED) is 0.499. The van der Waals surface area contributed by atoms with E-state index < -0.39 is 5.43 Å². The molecule has 2 amide bonds. The molecule has 0 radical (unpaired) electrons. The van der Waals surface area contributed by atoms with E-state index in [9.17, 15) is 14.4 Å². The van der Waals surface area contributed by atoms with Crippen LogP contribution in [0.25, 0.3) is 10.1 Å². The first-order valence-electron chi connectivity index (χ1n) is 12.1. The number of likely N-dealkylation sites (tertiary alicyclic amines) is 1. The van der Waals surface area contributed by atoms with E-state index in [-0.39, 0.29) is 22.9 Å². The summed E-state index contributed by atoms with van der Waals surface area (Å²) in [6, 6.07) is 10.2. The van der Waals surface area contributed by atoms with Gasteiger partial charge in [-0.05, 0) is 36.3 Å². The fourth-order valence-corrected chi connectivity index (χ4v) is 5.65. The maximum absolute atomic E-state index is 13.4. The highest BCUT2D eigenvalue weighted by atomic mass is 32.1. The molecule has 0 unspecified atom stereocenters. The van der Waals surface area contributed by atoms with Gasteiger partial charge in [0.25, 0.3) is 11.8 Å². The molecule has 1 saturated heterocycles. The molecule has 0 atom stereocenters. The Morgan fingerprint density at radius 1 is 1.03 bits per heavy atom. The van der Waals surface area contributed by atoms with Gasteiger partial charge in [0, 0.05) is 48.7 Å². The van der Waals surface area contributed by atoms with Gasteiger partial charge in [-0.2, -0.15) is 0 Å². The van der Waals surface area contributed by atoms with E-state index in [0.29, 0.717) is 32.1 Å². The van der Waals surface area contributed by atoms with Crippen LogP contribution in [0, 0.1) is 5.92 Å². The fraction of sp³-hybridized carbons (Fsp3) is 0.444. The van der Waals surface area contributed by atoms with Crippen molar-refractivity contribution in [3.8, 4) is 0 Å². The summed E-state index contributed by atoms with van der Waals surface area (Å²) in [5, 5.41) is 1.15. The summed E-state index contributed by atoms with van der Waals surface area (Å²) in [5.74, 6) is -0.306. The summed E-state index contributed by atoms with van der Waals surface area (Å²) in [6.07, 6.45) is 7.35. The van der Waals surface area contributed by atoms with Gasteiger partial charge in [-0.15, -0.1) is 11.3 Å². The van der Waals surface area contributed by atoms with Crippen LogP contribution in [-0.4, -0.2) is 46.3 Å². The largest absolute Gasteiger partial charge is 0.352 e. The number of pyridine rings is 1. The van der Waals surface area contributed by atoms with Crippen molar-refractivity contribution < 1.29 is 9.59 Å². The van der Waals surface area contributed by atoms with Gasteiger partial charge >= 0.3 is 0 Å². The van der Waals surface area contributed by atoms with Crippen LogP contribution in [0.5, 0.6) is 0 Å². The van der Waals surface area contributed by atoms with Crippen LogP contribution in [0.3, 0.4) is 0 Å². The second-order valence-corrected chi connectivity index (χ2v) is 10.8. The number of carbonyl (C=O) groups is 2. The predicted molar refractivity (Wildman–Crippen MR) is 138 cm³/mol. The number of nitrogens with zero attached hydrogens (tertiary/aromatic N) is 3. The van der Waals surface area contributed by atoms with Crippen LogP contribution in [0.2, 0.25) is 0 Å². The number of aromatic nitrogens is 1. The Kier molecular flexibility index (Phi) is 7.51. The molecule has 1 fully saturated rings. The van der Waals surface area contributed by atoms with Gasteiger partial charge in [-0.3, -0.25) is 14.4 Å². The molecule has 0 bridgehead atoms. The minimum Gasteiger partial charge on any atom is -0.352 e. The van der Waals surface area contributed by atoms with Gasteiger partial charge in [0.15, 0.2) is 0 Å². The van der Waals surface area contributed by atoms with Crippen molar-refractivity contribution >= 4 is 33.2 Å². The van der Waals surface area contributed by atoms with E-state index in [0.717, 1.165) is 35.9 Å². The van der Waals surface area contributed by atoms with E-state index in [1.807, 2.05) is 16.7 Å². The monoisotopic (exact) mass is 479 g/mol. The summed E-state index contributed by atoms with van der Waals surface area (Å²) < 4.78 is 3.00. The van der Waals surface area contributed by atoms with Crippen molar-refractivity contribution in [3.63, 3.8) is 0 Å². The first-order chi connectivity index (χ1) is 16.3. The molecule has 4 rings (SSSR count). The van der Waals surface area contributed by atoms with E-state index in [1.165, 1.54) is 4.70 Å². The van der Waals surface area contributed by atoms with Crippen LogP contribution in [-0.2, 0) is 13.1 Å². The molecule has 3 aromatic rings. The Hall–Kier alpha value is -2.93. The molecule has 3 heterocycles. The van der Waals surface area contributed by atoms with E-state index in [1.54, 1.807) is 40.6 Å². The third-order valence-corrected chi connectivity index (χ3v) is 7.33. The molecular formula is C27H33N3O3S. The molecule has 0 N–H and O–H groups in total. The highest BCUT2D eigenvalue weighted by Crippen LogP contribution is 2.26. The van der Waals surface area contributed by atoms with Gasteiger partial charge in [-0.1, -0.05) is 44.9 Å². The second kappa shape index (κ2) is 10.6. The van der Waals surface area contributed by atoms with Crippen molar-refractivity contribution in [2.75, 3.05) is 20.1 Å². The molecule has 34 heavy (non-hydrogen) atoms. The number of thiophene rings is 1. The minimum atomic E-state index is -0.470. The van der Waals surface area contributed by atoms with Crippen LogP contribution in [0.1, 0.15) is 65.1 Å². The van der Waals surface area contributed by atoms with Crippen molar-refractivity contribution in [1.82, 2.24) is 14.4 Å². The zero-order valence-electron chi connectivity index (χ0n) is 20.3. The molecule has 6 nitrogen and oxygen atoms in total. The number of carbonyl (C=O) groups excluding carboxylic acids is 2. The summed E-state index contributed by atoms with van der Waals surface area (Å²) in [4.78, 5) is 44.6. The average Bonchev–Trinajstić information content (AvgIpc) is 3.01. The highest BCUT2D eigenvalue weighted by Gasteiger charge is 2.25. The Morgan fingerprint density at radius 3 is 2.38 bits per heavy atom. The molecule has 0 aliphatic carbocycles. The molecule has 7 heteroatoms. The van der Waals surface area contributed by atoms with Gasteiger partial charge < -0.3 is 14.4 Å². The molecule has 1 aromatic carbocycles. The van der Waals surface area contributed by atoms with Crippen molar-refractivity contribution in [2.24, 2.45) is 5.92 Å². The standard InChI is InChI=1S/C27H33N3O3S/c1-19(2)15-29-17-22(25(31)23(18-29)27(33)30-12-8-4-5-9-13-30)26(32)28(3)16-21-14-20-10-6-7-11-24(20)34-21/h6-7,10-11,14,17-19H,4-5,8-9,12-13,15-16H2,1-3H3. The zero-order valence-corrected chi connectivity index (χ0v) is 21.1. The van der Waals surface area contributed by atoms with Gasteiger partial charge in [-0.25, -0.2) is 0 Å². The normalized spacial score (nSPS) is 14.4. The van der Waals surface area contributed by atoms with Crippen LogP contribution >= 0.6 is 11.3 Å². The van der Waals surface area contributed by atoms with Crippen LogP contribution < -0.4 is 5.43 Å². The number of rotatable bonds is 6. The number of fused-ring (bicyclic) bond motifs is 1. The fourth-order valence-electron chi connectivity index (χ4n) is 4.53. The highest BCUT2D eigenvalue weighted by molar-refractivity contribution is 7.19. The Balaban J connectivity index is 1.64. The SMILES string of the molecule is CC(C)Cn1cc(C(=O)N(C)Cc2cc3ccccc3s2)c(=O)c(C(=O)N2CCCCCC2)c1. The minimum absolute atomic E-state index is 0.0601. The smallest absolute Gasteiger partial charge is 0.259 e. The summed E-state index contributed by atoms with van der Waals surface area (Å²) in [7, 11) is 1.71. The molecule has 0 saturated carbocycles. The number of benzene rings is 1. The third kappa shape index (κ3) is 5.41. The molecule has 180 valence electrons. The Bertz CT molecular complexity index is 1200.